The second kappa shape index (κ2) is 9.57. The summed E-state index contributed by atoms with van der Waals surface area (Å²) in [6, 6.07) is 8.76. The number of benzene rings is 2. The van der Waals surface area contributed by atoms with Gasteiger partial charge in [-0.1, -0.05) is 58.7 Å². The highest BCUT2D eigenvalue weighted by atomic mass is 79.9. The summed E-state index contributed by atoms with van der Waals surface area (Å²) in [5.74, 6) is 0.971. The Kier molecular flexibility index (Phi) is 7.11. The molecule has 2 aromatic carbocycles. The second-order valence-electron chi connectivity index (χ2n) is 6.21. The highest BCUT2D eigenvalue weighted by Crippen LogP contribution is 2.33. The van der Waals surface area contributed by atoms with Gasteiger partial charge in [0.05, 0.1) is 27.2 Å². The van der Waals surface area contributed by atoms with Crippen molar-refractivity contribution in [3.05, 3.63) is 79.2 Å². The van der Waals surface area contributed by atoms with Crippen LogP contribution in [0.25, 0.3) is 10.9 Å². The van der Waals surface area contributed by atoms with E-state index in [1.807, 2.05) is 19.1 Å². The van der Waals surface area contributed by atoms with Crippen LogP contribution in [-0.2, 0) is 6.42 Å². The molecule has 0 spiro atoms. The van der Waals surface area contributed by atoms with Gasteiger partial charge in [-0.05, 0) is 42.3 Å². The smallest absolute Gasteiger partial charge is 0.282 e. The van der Waals surface area contributed by atoms with Gasteiger partial charge in [-0.2, -0.15) is 9.78 Å². The lowest BCUT2D eigenvalue weighted by Crippen LogP contribution is -2.22. The van der Waals surface area contributed by atoms with Crippen molar-refractivity contribution in [3.63, 3.8) is 0 Å². The van der Waals surface area contributed by atoms with Gasteiger partial charge in [-0.3, -0.25) is 4.79 Å². The SMILES string of the molecule is C=CCOc1c(Cl)cc(C=Nn2c(CCC)nc3ccc(Br)cc3c2=O)cc1Cl. The van der Waals surface area contributed by atoms with Gasteiger partial charge in [0, 0.05) is 10.9 Å². The lowest BCUT2D eigenvalue weighted by atomic mass is 10.2. The highest BCUT2D eigenvalue weighted by molar-refractivity contribution is 9.10. The molecule has 0 fully saturated rings. The molecule has 0 aliphatic rings. The third kappa shape index (κ3) is 4.89. The number of nitrogens with zero attached hydrogens (tertiary/aromatic N) is 3. The van der Waals surface area contributed by atoms with Gasteiger partial charge in [0.2, 0.25) is 0 Å². The number of hydrogen-bond acceptors (Lipinski definition) is 4. The zero-order chi connectivity index (χ0) is 21.0. The Morgan fingerprint density at radius 1 is 1.28 bits per heavy atom. The number of aryl methyl sites for hydroxylation is 1. The van der Waals surface area contributed by atoms with E-state index < -0.39 is 0 Å². The number of aromatic nitrogens is 2. The molecule has 0 N–H and O–H groups in total. The predicted octanol–water partition coefficient (Wildman–Crippen LogP) is 5.87. The minimum Gasteiger partial charge on any atom is -0.486 e. The summed E-state index contributed by atoms with van der Waals surface area (Å²) in [5.41, 5.74) is 1.04. The van der Waals surface area contributed by atoms with E-state index in [-0.39, 0.29) is 5.56 Å². The molecule has 5 nitrogen and oxygen atoms in total. The van der Waals surface area contributed by atoms with E-state index in [0.29, 0.717) is 51.1 Å². The fourth-order valence-corrected chi connectivity index (χ4v) is 3.73. The highest BCUT2D eigenvalue weighted by Gasteiger charge is 2.12. The average Bonchev–Trinajstić information content (AvgIpc) is 2.68. The Balaban J connectivity index is 2.06. The van der Waals surface area contributed by atoms with Crippen LogP contribution in [0.4, 0.5) is 0 Å². The maximum Gasteiger partial charge on any atom is 0.282 e. The van der Waals surface area contributed by atoms with Crippen molar-refractivity contribution in [1.82, 2.24) is 9.66 Å². The van der Waals surface area contributed by atoms with Crippen LogP contribution in [0.3, 0.4) is 0 Å². The fraction of sp³-hybridized carbons (Fsp3) is 0.190. The van der Waals surface area contributed by atoms with Crippen molar-refractivity contribution in [2.24, 2.45) is 5.10 Å². The number of halogens is 3. The first kappa shape index (κ1) is 21.6. The average molecular weight is 495 g/mol. The fourth-order valence-electron chi connectivity index (χ4n) is 2.76. The van der Waals surface area contributed by atoms with E-state index in [1.165, 1.54) is 10.9 Å². The Morgan fingerprint density at radius 3 is 2.66 bits per heavy atom. The van der Waals surface area contributed by atoms with Crippen LogP contribution in [0.1, 0.15) is 24.7 Å². The van der Waals surface area contributed by atoms with E-state index in [9.17, 15) is 4.79 Å². The first-order valence-corrected chi connectivity index (χ1v) is 10.5. The third-order valence-electron chi connectivity index (χ3n) is 4.04. The van der Waals surface area contributed by atoms with E-state index >= 15 is 0 Å². The van der Waals surface area contributed by atoms with Gasteiger partial charge in [0.1, 0.15) is 12.4 Å². The molecular weight excluding hydrogens is 477 g/mol. The molecule has 0 aliphatic carbocycles. The predicted molar refractivity (Wildman–Crippen MR) is 123 cm³/mol. The molecule has 0 unspecified atom stereocenters. The standard InChI is InChI=1S/C21H18BrCl2N3O2/c1-3-5-19-26-18-7-6-14(22)11-15(18)21(28)27(19)25-12-13-9-16(23)20(17(24)10-13)29-8-4-2/h4,6-7,9-12H,2-3,5,8H2,1H3. The molecule has 0 saturated heterocycles. The molecule has 1 aromatic heterocycles. The minimum atomic E-state index is -0.237. The molecule has 0 amide bonds. The van der Waals surface area contributed by atoms with Gasteiger partial charge in [0.15, 0.2) is 5.75 Å². The van der Waals surface area contributed by atoms with Crippen LogP contribution in [0, 0.1) is 0 Å². The monoisotopic (exact) mass is 493 g/mol. The van der Waals surface area contributed by atoms with E-state index in [0.717, 1.165) is 10.9 Å². The van der Waals surface area contributed by atoms with Crippen molar-refractivity contribution in [3.8, 4) is 5.75 Å². The topological polar surface area (TPSA) is 56.5 Å². The van der Waals surface area contributed by atoms with Crippen LogP contribution < -0.4 is 10.3 Å². The summed E-state index contributed by atoms with van der Waals surface area (Å²) in [6.07, 6.45) is 4.58. The number of hydrogen-bond donors (Lipinski definition) is 0. The Bertz CT molecular complexity index is 1140. The number of rotatable bonds is 7. The molecule has 1 heterocycles. The van der Waals surface area contributed by atoms with Crippen LogP contribution >= 0.6 is 39.1 Å². The van der Waals surface area contributed by atoms with E-state index in [1.54, 1.807) is 24.3 Å². The molecule has 8 heteroatoms. The van der Waals surface area contributed by atoms with E-state index in [4.69, 9.17) is 27.9 Å². The molecular formula is C21H18BrCl2N3O2. The Labute approximate surface area is 186 Å². The molecule has 0 atom stereocenters. The Morgan fingerprint density at radius 2 is 2.00 bits per heavy atom. The minimum absolute atomic E-state index is 0.237. The van der Waals surface area contributed by atoms with Crippen LogP contribution in [0.5, 0.6) is 5.75 Å². The van der Waals surface area contributed by atoms with Crippen LogP contribution in [-0.4, -0.2) is 22.5 Å². The zero-order valence-electron chi connectivity index (χ0n) is 15.7. The number of ether oxygens (including phenoxy) is 1. The maximum absolute atomic E-state index is 13.0. The molecule has 0 bridgehead atoms. The second-order valence-corrected chi connectivity index (χ2v) is 7.94. The molecule has 150 valence electrons. The molecule has 0 aliphatic heterocycles. The lowest BCUT2D eigenvalue weighted by molar-refractivity contribution is 0.363. The first-order valence-electron chi connectivity index (χ1n) is 8.93. The normalized spacial score (nSPS) is 11.3. The van der Waals surface area contributed by atoms with Gasteiger partial charge in [0.25, 0.3) is 5.56 Å². The summed E-state index contributed by atoms with van der Waals surface area (Å²) in [7, 11) is 0. The molecule has 3 aromatic rings. The summed E-state index contributed by atoms with van der Waals surface area (Å²) >= 11 is 15.9. The quantitative estimate of drug-likeness (QED) is 0.305. The van der Waals surface area contributed by atoms with Crippen molar-refractivity contribution in [1.29, 1.82) is 0 Å². The van der Waals surface area contributed by atoms with Crippen molar-refractivity contribution in [2.75, 3.05) is 6.61 Å². The Hall–Kier alpha value is -2.15. The lowest BCUT2D eigenvalue weighted by Gasteiger charge is -2.10. The van der Waals surface area contributed by atoms with Gasteiger partial charge >= 0.3 is 0 Å². The zero-order valence-corrected chi connectivity index (χ0v) is 18.8. The third-order valence-corrected chi connectivity index (χ3v) is 5.09. The molecule has 3 rings (SSSR count). The van der Waals surface area contributed by atoms with Gasteiger partial charge < -0.3 is 4.74 Å². The van der Waals surface area contributed by atoms with Crippen LogP contribution in [0.15, 0.2) is 57.4 Å². The van der Waals surface area contributed by atoms with Crippen molar-refractivity contribution >= 4 is 56.2 Å². The molecule has 0 saturated carbocycles. The van der Waals surface area contributed by atoms with Crippen molar-refractivity contribution in [2.45, 2.75) is 19.8 Å². The summed E-state index contributed by atoms with van der Waals surface area (Å²) in [4.78, 5) is 17.6. The first-order chi connectivity index (χ1) is 13.9. The molecule has 0 radical (unpaired) electrons. The summed E-state index contributed by atoms with van der Waals surface area (Å²) in [5, 5.41) is 5.56. The summed E-state index contributed by atoms with van der Waals surface area (Å²) < 4.78 is 7.59. The number of fused-ring (bicyclic) bond motifs is 1. The van der Waals surface area contributed by atoms with Gasteiger partial charge in [-0.25, -0.2) is 4.98 Å². The largest absolute Gasteiger partial charge is 0.486 e. The summed E-state index contributed by atoms with van der Waals surface area (Å²) in [6.45, 7) is 5.91. The van der Waals surface area contributed by atoms with Crippen LogP contribution in [0.2, 0.25) is 10.0 Å². The van der Waals surface area contributed by atoms with Crippen molar-refractivity contribution < 1.29 is 4.74 Å². The molecule has 29 heavy (non-hydrogen) atoms. The van der Waals surface area contributed by atoms with Gasteiger partial charge in [-0.15, -0.1) is 0 Å². The maximum atomic E-state index is 13.0. The van der Waals surface area contributed by atoms with E-state index in [2.05, 4.69) is 32.6 Å².